The zero-order valence-corrected chi connectivity index (χ0v) is 11.2. The van der Waals surface area contributed by atoms with Crippen molar-refractivity contribution in [3.8, 4) is 0 Å². The van der Waals surface area contributed by atoms with Gasteiger partial charge in [-0.3, -0.25) is 14.9 Å². The number of hydrogen-bond donors (Lipinski definition) is 1. The summed E-state index contributed by atoms with van der Waals surface area (Å²) in [5.41, 5.74) is -0.506. The number of para-hydroxylation sites is 1. The molecule has 1 aliphatic rings. The molecule has 0 amide bonds. The fraction of sp³-hybridized carbons (Fsp3) is 0.300. The highest BCUT2D eigenvalue weighted by atomic mass is 32.2. The van der Waals surface area contributed by atoms with Gasteiger partial charge in [-0.05, 0) is 12.5 Å². The Morgan fingerprint density at radius 2 is 2.05 bits per heavy atom. The third kappa shape index (κ3) is 2.94. The summed E-state index contributed by atoms with van der Waals surface area (Å²) in [7, 11) is -4.08. The molecule has 1 aromatic rings. The highest BCUT2D eigenvalue weighted by molar-refractivity contribution is 8.14. The lowest BCUT2D eigenvalue weighted by Gasteiger charge is -2.10. The summed E-state index contributed by atoms with van der Waals surface area (Å²) >= 11 is 1.05. The van der Waals surface area contributed by atoms with Gasteiger partial charge in [0.1, 0.15) is 0 Å². The van der Waals surface area contributed by atoms with Crippen LogP contribution in [0.1, 0.15) is 6.42 Å². The first-order valence-corrected chi connectivity index (χ1v) is 7.81. The maximum absolute atomic E-state index is 12.1. The summed E-state index contributed by atoms with van der Waals surface area (Å²) < 4.78 is 26.4. The molecular formula is C10H10N2O5S2. The molecule has 1 saturated heterocycles. The maximum atomic E-state index is 12.1. The molecule has 7 nitrogen and oxygen atoms in total. The number of sulfonamides is 1. The molecule has 1 heterocycles. The lowest BCUT2D eigenvalue weighted by molar-refractivity contribution is -0.387. The first kappa shape index (κ1) is 14.0. The first-order valence-electron chi connectivity index (χ1n) is 5.34. The van der Waals surface area contributed by atoms with Gasteiger partial charge < -0.3 is 0 Å². The van der Waals surface area contributed by atoms with Gasteiger partial charge in [0.15, 0.2) is 4.90 Å². The average Bonchev–Trinajstić information content (AvgIpc) is 2.74. The van der Waals surface area contributed by atoms with Crippen LogP contribution in [0.3, 0.4) is 0 Å². The van der Waals surface area contributed by atoms with Crippen LogP contribution in [0.4, 0.5) is 5.69 Å². The van der Waals surface area contributed by atoms with E-state index in [9.17, 15) is 23.3 Å². The Hall–Kier alpha value is -1.45. The molecule has 1 atom stereocenters. The fourth-order valence-electron chi connectivity index (χ4n) is 1.69. The van der Waals surface area contributed by atoms with Gasteiger partial charge in [-0.1, -0.05) is 23.9 Å². The smallest absolute Gasteiger partial charge is 0.285 e. The van der Waals surface area contributed by atoms with E-state index < -0.39 is 31.6 Å². The van der Waals surface area contributed by atoms with Crippen LogP contribution in [0.15, 0.2) is 29.2 Å². The number of benzene rings is 1. The topological polar surface area (TPSA) is 106 Å². The van der Waals surface area contributed by atoms with Crippen LogP contribution >= 0.6 is 11.8 Å². The summed E-state index contributed by atoms with van der Waals surface area (Å²) in [5, 5.41) is 10.6. The maximum Gasteiger partial charge on any atom is 0.289 e. The highest BCUT2D eigenvalue weighted by Gasteiger charge is 2.33. The van der Waals surface area contributed by atoms with Crippen molar-refractivity contribution in [3.05, 3.63) is 34.4 Å². The fourth-order valence-corrected chi connectivity index (χ4v) is 4.10. The summed E-state index contributed by atoms with van der Waals surface area (Å²) in [6, 6.07) is 4.22. The van der Waals surface area contributed by atoms with E-state index in [1.807, 2.05) is 0 Å². The van der Waals surface area contributed by atoms with Gasteiger partial charge in [-0.15, -0.1) is 0 Å². The Kier molecular flexibility index (Phi) is 3.88. The second kappa shape index (κ2) is 5.27. The molecule has 1 N–H and O–H groups in total. The van der Waals surface area contributed by atoms with E-state index in [0.717, 1.165) is 23.9 Å². The quantitative estimate of drug-likeness (QED) is 0.654. The minimum absolute atomic E-state index is 0.262. The molecule has 102 valence electrons. The van der Waals surface area contributed by atoms with E-state index >= 15 is 0 Å². The molecule has 0 aromatic heterocycles. The third-order valence-electron chi connectivity index (χ3n) is 2.58. The van der Waals surface area contributed by atoms with Crippen LogP contribution in [-0.2, 0) is 14.8 Å². The number of rotatable bonds is 4. The Morgan fingerprint density at radius 1 is 1.37 bits per heavy atom. The average molecular weight is 302 g/mol. The van der Waals surface area contributed by atoms with Gasteiger partial charge in [0.05, 0.1) is 11.0 Å². The zero-order valence-electron chi connectivity index (χ0n) is 9.61. The van der Waals surface area contributed by atoms with Gasteiger partial charge in [0.2, 0.25) is 15.1 Å². The largest absolute Gasteiger partial charge is 0.289 e. The van der Waals surface area contributed by atoms with Crippen LogP contribution < -0.4 is 4.72 Å². The molecule has 9 heteroatoms. The van der Waals surface area contributed by atoms with Crippen molar-refractivity contribution in [3.63, 3.8) is 0 Å². The SMILES string of the molecule is O=C1SCC[C@@H]1NS(=O)(=O)c1ccccc1[N+](=O)[O-]. The van der Waals surface area contributed by atoms with E-state index in [1.165, 1.54) is 12.1 Å². The molecule has 1 aromatic carbocycles. The van der Waals surface area contributed by atoms with E-state index in [1.54, 1.807) is 0 Å². The van der Waals surface area contributed by atoms with E-state index in [0.29, 0.717) is 12.2 Å². The summed E-state index contributed by atoms with van der Waals surface area (Å²) in [6.07, 6.45) is 0.392. The predicted molar refractivity (Wildman–Crippen MR) is 69.3 cm³/mol. The molecule has 1 aliphatic heterocycles. The van der Waals surface area contributed by atoms with Gasteiger partial charge in [-0.25, -0.2) is 8.42 Å². The number of nitrogens with zero attached hydrogens (tertiary/aromatic N) is 1. The van der Waals surface area contributed by atoms with Gasteiger partial charge in [0, 0.05) is 11.8 Å². The van der Waals surface area contributed by atoms with Crippen molar-refractivity contribution < 1.29 is 18.1 Å². The van der Waals surface area contributed by atoms with Crippen LogP contribution in [0, 0.1) is 10.1 Å². The lowest BCUT2D eigenvalue weighted by Crippen LogP contribution is -2.37. The number of nitro groups is 1. The summed E-state index contributed by atoms with van der Waals surface area (Å²) in [6.45, 7) is 0. The van der Waals surface area contributed by atoms with E-state index in [2.05, 4.69) is 4.72 Å². The van der Waals surface area contributed by atoms with Crippen LogP contribution in [-0.4, -0.2) is 30.3 Å². The monoisotopic (exact) mass is 302 g/mol. The minimum Gasteiger partial charge on any atom is -0.285 e. The third-order valence-corrected chi connectivity index (χ3v) is 5.11. The van der Waals surface area contributed by atoms with Crippen molar-refractivity contribution in [1.82, 2.24) is 4.72 Å². The van der Waals surface area contributed by atoms with Crippen molar-refractivity contribution in [2.75, 3.05) is 5.75 Å². The zero-order chi connectivity index (χ0) is 14.0. The Morgan fingerprint density at radius 3 is 2.63 bits per heavy atom. The molecule has 0 bridgehead atoms. The van der Waals surface area contributed by atoms with Gasteiger partial charge in [-0.2, -0.15) is 4.72 Å². The second-order valence-corrected chi connectivity index (χ2v) is 6.64. The highest BCUT2D eigenvalue weighted by Crippen LogP contribution is 2.25. The normalized spacial score (nSPS) is 19.6. The molecular weight excluding hydrogens is 292 g/mol. The molecule has 0 aliphatic carbocycles. The van der Waals surface area contributed by atoms with Gasteiger partial charge in [0.25, 0.3) is 5.69 Å². The molecule has 2 rings (SSSR count). The molecule has 0 unspecified atom stereocenters. The van der Waals surface area contributed by atoms with Gasteiger partial charge >= 0.3 is 0 Å². The van der Waals surface area contributed by atoms with Crippen LogP contribution in [0.5, 0.6) is 0 Å². The van der Waals surface area contributed by atoms with Crippen molar-refractivity contribution in [1.29, 1.82) is 0 Å². The summed E-state index contributed by atoms with van der Waals surface area (Å²) in [5.74, 6) is 0.545. The first-order chi connectivity index (χ1) is 8.92. The number of hydrogen-bond acceptors (Lipinski definition) is 6. The Balaban J connectivity index is 2.34. The molecule has 0 radical (unpaired) electrons. The second-order valence-electron chi connectivity index (χ2n) is 3.85. The standard InChI is InChI=1S/C10H10N2O5S2/c13-10-7(5-6-18-10)11-19(16,17)9-4-2-1-3-8(9)12(14)15/h1-4,7,11H,5-6H2/t7-/m0/s1. The van der Waals surface area contributed by atoms with Crippen molar-refractivity contribution >= 4 is 32.6 Å². The van der Waals surface area contributed by atoms with E-state index in [4.69, 9.17) is 0 Å². The lowest BCUT2D eigenvalue weighted by atomic mass is 10.3. The minimum atomic E-state index is -4.08. The number of nitrogens with one attached hydrogen (secondary N) is 1. The number of carbonyl (C=O) groups is 1. The molecule has 19 heavy (non-hydrogen) atoms. The molecule has 0 spiro atoms. The van der Waals surface area contributed by atoms with Crippen molar-refractivity contribution in [2.45, 2.75) is 17.4 Å². The van der Waals surface area contributed by atoms with Crippen molar-refractivity contribution in [2.24, 2.45) is 0 Å². The van der Waals surface area contributed by atoms with Crippen LogP contribution in [0.2, 0.25) is 0 Å². The van der Waals surface area contributed by atoms with Crippen LogP contribution in [0.25, 0.3) is 0 Å². The number of carbonyl (C=O) groups excluding carboxylic acids is 1. The Labute approximate surface area is 113 Å². The number of nitro benzene ring substituents is 1. The summed E-state index contributed by atoms with van der Waals surface area (Å²) in [4.78, 5) is 21.0. The van der Waals surface area contributed by atoms with E-state index in [-0.39, 0.29) is 5.12 Å². The molecule has 1 fully saturated rings. The Bertz CT molecular complexity index is 629. The molecule has 0 saturated carbocycles. The number of thioether (sulfide) groups is 1. The predicted octanol–water partition coefficient (Wildman–Crippen LogP) is 0.905.